The Balaban J connectivity index is 1.51. The van der Waals surface area contributed by atoms with Gasteiger partial charge in [-0.2, -0.15) is 0 Å². The van der Waals surface area contributed by atoms with Crippen LogP contribution in [0.4, 0.5) is 5.69 Å². The van der Waals surface area contributed by atoms with Crippen LogP contribution in [0.1, 0.15) is 60.9 Å². The maximum Gasteiger partial charge on any atom is 0.262 e. The van der Waals surface area contributed by atoms with Crippen molar-refractivity contribution in [3.8, 4) is 5.75 Å². The van der Waals surface area contributed by atoms with E-state index >= 15 is 0 Å². The van der Waals surface area contributed by atoms with Gasteiger partial charge in [0.15, 0.2) is 12.4 Å². The largest absolute Gasteiger partial charge is 0.484 e. The number of benzene rings is 2. The number of anilines is 1. The molecule has 2 aromatic carbocycles. The van der Waals surface area contributed by atoms with Gasteiger partial charge in [0.25, 0.3) is 5.91 Å². The van der Waals surface area contributed by atoms with E-state index in [9.17, 15) is 9.59 Å². The maximum atomic E-state index is 12.1. The van der Waals surface area contributed by atoms with E-state index in [1.165, 1.54) is 44.6 Å². The first-order valence-corrected chi connectivity index (χ1v) is 9.25. The van der Waals surface area contributed by atoms with Gasteiger partial charge in [0.05, 0.1) is 0 Å². The molecule has 0 unspecified atom stereocenters. The molecule has 0 radical (unpaired) electrons. The fourth-order valence-electron chi connectivity index (χ4n) is 3.43. The molecule has 1 aliphatic rings. The highest BCUT2D eigenvalue weighted by Gasteiger charge is 2.15. The second-order valence-corrected chi connectivity index (χ2v) is 6.88. The van der Waals surface area contributed by atoms with E-state index < -0.39 is 0 Å². The highest BCUT2D eigenvalue weighted by Crippen LogP contribution is 2.33. The number of hydrogen-bond donors (Lipinski definition) is 1. The van der Waals surface area contributed by atoms with Gasteiger partial charge >= 0.3 is 0 Å². The average Bonchev–Trinajstić information content (AvgIpc) is 2.68. The molecule has 136 valence electrons. The van der Waals surface area contributed by atoms with Crippen LogP contribution in [0.25, 0.3) is 0 Å². The summed E-state index contributed by atoms with van der Waals surface area (Å²) in [6.45, 7) is 1.44. The fourth-order valence-corrected chi connectivity index (χ4v) is 3.43. The Labute approximate surface area is 154 Å². The quantitative estimate of drug-likeness (QED) is 0.749. The van der Waals surface area contributed by atoms with Crippen LogP contribution in [0.3, 0.4) is 0 Å². The lowest BCUT2D eigenvalue weighted by Gasteiger charge is -2.22. The van der Waals surface area contributed by atoms with Crippen molar-refractivity contribution in [1.29, 1.82) is 0 Å². The summed E-state index contributed by atoms with van der Waals surface area (Å²) in [6, 6.07) is 15.0. The van der Waals surface area contributed by atoms with Crippen molar-refractivity contribution in [3.63, 3.8) is 0 Å². The number of rotatable bonds is 6. The molecule has 3 rings (SSSR count). The van der Waals surface area contributed by atoms with E-state index in [4.69, 9.17) is 4.74 Å². The fraction of sp³-hybridized carbons (Fsp3) is 0.364. The van der Waals surface area contributed by atoms with Gasteiger partial charge in [-0.25, -0.2) is 0 Å². The second-order valence-electron chi connectivity index (χ2n) is 6.88. The number of hydrogen-bond acceptors (Lipinski definition) is 3. The third-order valence-corrected chi connectivity index (χ3v) is 4.88. The molecular weight excluding hydrogens is 326 g/mol. The zero-order valence-electron chi connectivity index (χ0n) is 15.2. The summed E-state index contributed by atoms with van der Waals surface area (Å²) in [7, 11) is 0. The minimum absolute atomic E-state index is 0.0320. The lowest BCUT2D eigenvalue weighted by atomic mass is 9.84. The van der Waals surface area contributed by atoms with Gasteiger partial charge in [-0.15, -0.1) is 0 Å². The average molecular weight is 351 g/mol. The van der Waals surface area contributed by atoms with E-state index in [1.54, 1.807) is 24.3 Å². The predicted octanol–water partition coefficient (Wildman–Crippen LogP) is 4.95. The summed E-state index contributed by atoms with van der Waals surface area (Å²) in [5, 5.41) is 2.75. The van der Waals surface area contributed by atoms with E-state index in [0.717, 1.165) is 0 Å². The Kier molecular flexibility index (Phi) is 6.05. The van der Waals surface area contributed by atoms with Crippen LogP contribution < -0.4 is 10.1 Å². The zero-order chi connectivity index (χ0) is 18.4. The summed E-state index contributed by atoms with van der Waals surface area (Å²) >= 11 is 0. The lowest BCUT2D eigenvalue weighted by Crippen LogP contribution is -2.20. The molecular formula is C22H25NO3. The van der Waals surface area contributed by atoms with Crippen molar-refractivity contribution in [3.05, 3.63) is 59.7 Å². The maximum absolute atomic E-state index is 12.1. The molecule has 2 aromatic rings. The van der Waals surface area contributed by atoms with Gasteiger partial charge < -0.3 is 10.1 Å². The van der Waals surface area contributed by atoms with E-state index in [-0.39, 0.29) is 18.3 Å². The number of carbonyl (C=O) groups excluding carboxylic acids is 2. The molecule has 0 aromatic heterocycles. The van der Waals surface area contributed by atoms with Gasteiger partial charge in [-0.1, -0.05) is 43.5 Å². The Bertz CT molecular complexity index is 761. The molecule has 26 heavy (non-hydrogen) atoms. The molecule has 0 atom stereocenters. The van der Waals surface area contributed by atoms with E-state index in [1.807, 2.05) is 12.1 Å². The predicted molar refractivity (Wildman–Crippen MR) is 103 cm³/mol. The molecule has 0 aliphatic heterocycles. The van der Waals surface area contributed by atoms with Gasteiger partial charge in [-0.3, -0.25) is 9.59 Å². The monoisotopic (exact) mass is 351 g/mol. The summed E-state index contributed by atoms with van der Waals surface area (Å²) in [5.41, 5.74) is 2.53. The Morgan fingerprint density at radius 1 is 1.04 bits per heavy atom. The normalized spacial score (nSPS) is 14.7. The third-order valence-electron chi connectivity index (χ3n) is 4.88. The van der Waals surface area contributed by atoms with E-state index in [0.29, 0.717) is 22.9 Å². The van der Waals surface area contributed by atoms with Gasteiger partial charge in [0.2, 0.25) is 0 Å². The molecule has 1 saturated carbocycles. The second kappa shape index (κ2) is 8.65. The van der Waals surface area contributed by atoms with Crippen molar-refractivity contribution >= 4 is 17.4 Å². The molecule has 4 heteroatoms. The van der Waals surface area contributed by atoms with Gasteiger partial charge in [-0.05, 0) is 55.5 Å². The van der Waals surface area contributed by atoms with Crippen LogP contribution in [-0.2, 0) is 4.79 Å². The number of ketones is 1. The number of ether oxygens (including phenoxy) is 1. The number of carbonyl (C=O) groups is 2. The molecule has 0 saturated heterocycles. The summed E-state index contributed by atoms with van der Waals surface area (Å²) in [5.74, 6) is 1.07. The summed E-state index contributed by atoms with van der Waals surface area (Å²) in [6.07, 6.45) is 6.51. The Hall–Kier alpha value is -2.62. The van der Waals surface area contributed by atoms with Crippen LogP contribution in [0.2, 0.25) is 0 Å². The lowest BCUT2D eigenvalue weighted by molar-refractivity contribution is -0.118. The van der Waals surface area contributed by atoms with Gasteiger partial charge in [0, 0.05) is 11.3 Å². The first kappa shape index (κ1) is 18.2. The van der Waals surface area contributed by atoms with Crippen LogP contribution in [-0.4, -0.2) is 18.3 Å². The highest BCUT2D eigenvalue weighted by molar-refractivity contribution is 5.97. The first-order chi connectivity index (χ1) is 12.6. The van der Waals surface area contributed by atoms with Crippen LogP contribution >= 0.6 is 0 Å². The molecule has 1 N–H and O–H groups in total. The third kappa shape index (κ3) is 4.94. The van der Waals surface area contributed by atoms with Gasteiger partial charge in [0.1, 0.15) is 5.75 Å². The molecule has 0 spiro atoms. The SMILES string of the molecule is CC(=O)c1cccc(NC(=O)COc2ccc(C3CCCCC3)cc2)c1. The molecule has 1 amide bonds. The molecule has 1 fully saturated rings. The number of nitrogens with one attached hydrogen (secondary N) is 1. The van der Waals surface area contributed by atoms with Crippen molar-refractivity contribution in [1.82, 2.24) is 0 Å². The van der Waals surface area contributed by atoms with Crippen molar-refractivity contribution < 1.29 is 14.3 Å². The Morgan fingerprint density at radius 2 is 1.77 bits per heavy atom. The smallest absolute Gasteiger partial charge is 0.262 e. The van der Waals surface area contributed by atoms with Crippen molar-refractivity contribution in [2.45, 2.75) is 44.9 Å². The number of amides is 1. The minimum atomic E-state index is -0.248. The first-order valence-electron chi connectivity index (χ1n) is 9.25. The van der Waals surface area contributed by atoms with E-state index in [2.05, 4.69) is 17.4 Å². The standard InChI is InChI=1S/C22H25NO3/c1-16(24)19-8-5-9-20(14-19)23-22(25)15-26-21-12-10-18(11-13-21)17-6-3-2-4-7-17/h5,8-14,17H,2-4,6-7,15H2,1H3,(H,23,25). The van der Waals surface area contributed by atoms with Crippen molar-refractivity contribution in [2.75, 3.05) is 11.9 Å². The summed E-state index contributed by atoms with van der Waals surface area (Å²) in [4.78, 5) is 23.5. The van der Waals surface area contributed by atoms with Crippen LogP contribution in [0.15, 0.2) is 48.5 Å². The molecule has 0 bridgehead atoms. The Morgan fingerprint density at radius 3 is 2.46 bits per heavy atom. The summed E-state index contributed by atoms with van der Waals surface area (Å²) < 4.78 is 5.58. The topological polar surface area (TPSA) is 55.4 Å². The molecule has 4 nitrogen and oxygen atoms in total. The molecule has 1 aliphatic carbocycles. The van der Waals surface area contributed by atoms with Crippen LogP contribution in [0.5, 0.6) is 5.75 Å². The van der Waals surface area contributed by atoms with Crippen molar-refractivity contribution in [2.24, 2.45) is 0 Å². The number of Topliss-reactive ketones (excluding diaryl/α,β-unsaturated/α-hetero) is 1. The molecule has 0 heterocycles. The highest BCUT2D eigenvalue weighted by atomic mass is 16.5. The van der Waals surface area contributed by atoms with Crippen LogP contribution in [0, 0.1) is 0 Å². The minimum Gasteiger partial charge on any atom is -0.484 e. The zero-order valence-corrected chi connectivity index (χ0v) is 15.2.